The van der Waals surface area contributed by atoms with Crippen LogP contribution in [0.5, 0.6) is 6.01 Å². The molecule has 0 atom stereocenters. The number of aromatic nitrogens is 2. The van der Waals surface area contributed by atoms with Crippen molar-refractivity contribution in [1.29, 1.82) is 0 Å². The maximum Gasteiger partial charge on any atom is 0.319 e. The molecule has 1 saturated heterocycles. The topological polar surface area (TPSA) is 74.8 Å². The molecule has 1 aliphatic rings. The Bertz CT molecular complexity index is 924. The van der Waals surface area contributed by atoms with Gasteiger partial charge in [0.15, 0.2) is 0 Å². The summed E-state index contributed by atoms with van der Waals surface area (Å²) in [5.41, 5.74) is 11.3. The molecule has 0 radical (unpaired) electrons. The van der Waals surface area contributed by atoms with E-state index in [-0.39, 0.29) is 0 Å². The smallest absolute Gasteiger partial charge is 0.319 e. The summed E-state index contributed by atoms with van der Waals surface area (Å²) < 4.78 is 11.4. The van der Waals surface area contributed by atoms with E-state index in [1.807, 2.05) is 12.1 Å². The van der Waals surface area contributed by atoms with Crippen molar-refractivity contribution < 1.29 is 9.47 Å². The average molecular weight is 469 g/mol. The van der Waals surface area contributed by atoms with E-state index in [0.29, 0.717) is 24.0 Å². The highest BCUT2D eigenvalue weighted by Gasteiger charge is 2.15. The maximum absolute atomic E-state index is 6.02. The van der Waals surface area contributed by atoms with Crippen LogP contribution in [0.25, 0.3) is 5.70 Å². The van der Waals surface area contributed by atoms with E-state index >= 15 is 0 Å². The van der Waals surface area contributed by atoms with Crippen LogP contribution in [0.15, 0.2) is 30.8 Å². The number of aryl methyl sites for hydroxylation is 2. The SMILES string of the molecule is C=C(NNc1ccc(C)c(C)c1)c1cc(N(CCC)CCC)nc(OCCN2CCOCC2)n1. The van der Waals surface area contributed by atoms with Gasteiger partial charge in [-0.15, -0.1) is 0 Å². The Labute approximate surface area is 204 Å². The largest absolute Gasteiger partial charge is 0.462 e. The molecule has 3 rings (SSSR count). The van der Waals surface area contributed by atoms with Gasteiger partial charge in [0.1, 0.15) is 12.4 Å². The Morgan fingerprint density at radius 2 is 1.82 bits per heavy atom. The molecule has 1 fully saturated rings. The summed E-state index contributed by atoms with van der Waals surface area (Å²) in [6.45, 7) is 19.4. The molecule has 0 aliphatic carbocycles. The van der Waals surface area contributed by atoms with E-state index < -0.39 is 0 Å². The summed E-state index contributed by atoms with van der Waals surface area (Å²) in [5.74, 6) is 0.865. The summed E-state index contributed by atoms with van der Waals surface area (Å²) >= 11 is 0. The Balaban J connectivity index is 1.73. The highest BCUT2D eigenvalue weighted by Crippen LogP contribution is 2.21. The minimum Gasteiger partial charge on any atom is -0.462 e. The van der Waals surface area contributed by atoms with Crippen molar-refractivity contribution in [3.63, 3.8) is 0 Å². The van der Waals surface area contributed by atoms with E-state index in [4.69, 9.17) is 14.5 Å². The van der Waals surface area contributed by atoms with Gasteiger partial charge in [0.2, 0.25) is 0 Å². The Morgan fingerprint density at radius 3 is 2.50 bits per heavy atom. The van der Waals surface area contributed by atoms with Gasteiger partial charge < -0.3 is 19.8 Å². The predicted molar refractivity (Wildman–Crippen MR) is 139 cm³/mol. The molecule has 34 heavy (non-hydrogen) atoms. The number of hydrogen-bond acceptors (Lipinski definition) is 8. The number of hydrazine groups is 1. The molecule has 186 valence electrons. The number of anilines is 2. The summed E-state index contributed by atoms with van der Waals surface area (Å²) in [6.07, 6.45) is 2.08. The molecule has 0 bridgehead atoms. The van der Waals surface area contributed by atoms with Gasteiger partial charge in [-0.1, -0.05) is 26.5 Å². The third-order valence-corrected chi connectivity index (χ3v) is 5.92. The molecule has 8 heteroatoms. The molecule has 0 spiro atoms. The van der Waals surface area contributed by atoms with E-state index in [9.17, 15) is 0 Å². The van der Waals surface area contributed by atoms with Crippen molar-refractivity contribution >= 4 is 17.2 Å². The zero-order valence-corrected chi connectivity index (χ0v) is 21.2. The van der Waals surface area contributed by atoms with Crippen molar-refractivity contribution in [1.82, 2.24) is 20.3 Å². The third-order valence-electron chi connectivity index (χ3n) is 5.92. The lowest BCUT2D eigenvalue weighted by Gasteiger charge is -2.26. The van der Waals surface area contributed by atoms with E-state index in [1.54, 1.807) is 0 Å². The Kier molecular flexibility index (Phi) is 9.97. The lowest BCUT2D eigenvalue weighted by molar-refractivity contribution is 0.0317. The molecule has 0 amide bonds. The second-order valence-corrected chi connectivity index (χ2v) is 8.71. The highest BCUT2D eigenvalue weighted by atomic mass is 16.5. The van der Waals surface area contributed by atoms with Gasteiger partial charge in [-0.3, -0.25) is 10.3 Å². The summed E-state index contributed by atoms with van der Waals surface area (Å²) in [7, 11) is 0. The van der Waals surface area contributed by atoms with Crippen molar-refractivity contribution in [2.45, 2.75) is 40.5 Å². The number of benzene rings is 1. The van der Waals surface area contributed by atoms with Crippen LogP contribution in [-0.2, 0) is 4.74 Å². The first-order valence-corrected chi connectivity index (χ1v) is 12.4. The fraction of sp³-hybridized carbons (Fsp3) is 0.538. The summed E-state index contributed by atoms with van der Waals surface area (Å²) in [4.78, 5) is 14.0. The molecular weight excluding hydrogens is 428 g/mol. The number of hydrogen-bond donors (Lipinski definition) is 2. The van der Waals surface area contributed by atoms with Gasteiger partial charge in [0.25, 0.3) is 0 Å². The first-order chi connectivity index (χ1) is 16.5. The normalized spacial score (nSPS) is 14.0. The van der Waals surface area contributed by atoms with Gasteiger partial charge in [-0.2, -0.15) is 9.97 Å². The van der Waals surface area contributed by atoms with Crippen LogP contribution in [-0.4, -0.2) is 67.4 Å². The zero-order valence-electron chi connectivity index (χ0n) is 21.2. The Morgan fingerprint density at radius 1 is 1.09 bits per heavy atom. The molecular formula is C26H40N6O2. The van der Waals surface area contributed by atoms with E-state index in [1.165, 1.54) is 11.1 Å². The third kappa shape index (κ3) is 7.60. The van der Waals surface area contributed by atoms with Crippen LogP contribution < -0.4 is 20.5 Å². The number of ether oxygens (including phenoxy) is 2. The number of nitrogens with one attached hydrogen (secondary N) is 2. The summed E-state index contributed by atoms with van der Waals surface area (Å²) in [6, 6.07) is 8.60. The number of morpholine rings is 1. The van der Waals surface area contributed by atoms with Crippen LogP contribution >= 0.6 is 0 Å². The highest BCUT2D eigenvalue weighted by molar-refractivity contribution is 5.63. The van der Waals surface area contributed by atoms with Gasteiger partial charge >= 0.3 is 6.01 Å². The zero-order chi connectivity index (χ0) is 24.3. The van der Waals surface area contributed by atoms with Gasteiger partial charge in [-0.25, -0.2) is 0 Å². The Hall–Kier alpha value is -2.84. The molecule has 8 nitrogen and oxygen atoms in total. The van der Waals surface area contributed by atoms with Crippen molar-refractivity contribution in [3.8, 4) is 6.01 Å². The lowest BCUT2D eigenvalue weighted by Crippen LogP contribution is -2.38. The molecule has 1 aliphatic heterocycles. The van der Waals surface area contributed by atoms with Gasteiger partial charge in [-0.05, 0) is 49.9 Å². The molecule has 1 aromatic heterocycles. The summed E-state index contributed by atoms with van der Waals surface area (Å²) in [5, 5.41) is 0. The van der Waals surface area contributed by atoms with Crippen molar-refractivity contribution in [3.05, 3.63) is 47.7 Å². The fourth-order valence-corrected chi connectivity index (χ4v) is 3.80. The fourth-order valence-electron chi connectivity index (χ4n) is 3.80. The molecule has 0 unspecified atom stereocenters. The second kappa shape index (κ2) is 13.2. The molecule has 1 aromatic carbocycles. The second-order valence-electron chi connectivity index (χ2n) is 8.71. The van der Waals surface area contributed by atoms with Gasteiger partial charge in [0, 0.05) is 38.8 Å². The van der Waals surface area contributed by atoms with Crippen LogP contribution in [0.2, 0.25) is 0 Å². The first-order valence-electron chi connectivity index (χ1n) is 12.4. The van der Waals surface area contributed by atoms with Crippen molar-refractivity contribution in [2.24, 2.45) is 0 Å². The number of rotatable bonds is 13. The molecule has 2 heterocycles. The van der Waals surface area contributed by atoms with Crippen LogP contribution in [0.4, 0.5) is 11.5 Å². The van der Waals surface area contributed by atoms with Crippen molar-refractivity contribution in [2.75, 3.05) is 62.9 Å². The minimum atomic E-state index is 0.382. The number of nitrogens with zero attached hydrogens (tertiary/aromatic N) is 4. The van der Waals surface area contributed by atoms with E-state index in [2.05, 4.69) is 72.0 Å². The van der Waals surface area contributed by atoms with Gasteiger partial charge in [0.05, 0.1) is 30.3 Å². The van der Waals surface area contributed by atoms with Crippen LogP contribution in [0.3, 0.4) is 0 Å². The predicted octanol–water partition coefficient (Wildman–Crippen LogP) is 4.02. The van der Waals surface area contributed by atoms with E-state index in [0.717, 1.165) is 70.3 Å². The molecule has 2 aromatic rings. The monoisotopic (exact) mass is 468 g/mol. The molecule has 2 N–H and O–H groups in total. The lowest BCUT2D eigenvalue weighted by atomic mass is 10.1. The molecule has 0 saturated carbocycles. The minimum absolute atomic E-state index is 0.382. The van der Waals surface area contributed by atoms with Crippen LogP contribution in [0, 0.1) is 13.8 Å². The quantitative estimate of drug-likeness (QED) is 0.427. The standard InChI is InChI=1S/C26H40N6O2/c1-6-10-32(11-7-2)25-19-24(22(5)29-30-23-9-8-20(3)21(4)18-23)27-26(28-25)34-17-14-31-12-15-33-16-13-31/h8-9,18-19,29-30H,5-7,10-17H2,1-4H3. The average Bonchev–Trinajstić information content (AvgIpc) is 2.85. The van der Waals surface area contributed by atoms with Crippen LogP contribution in [0.1, 0.15) is 43.5 Å². The first kappa shape index (κ1) is 25.8. The maximum atomic E-state index is 6.02.